The van der Waals surface area contributed by atoms with Crippen LogP contribution in [0.1, 0.15) is 173 Å². The first-order valence-corrected chi connectivity index (χ1v) is 21.8. The molecular weight excluding hydrogens is 684 g/mol. The van der Waals surface area contributed by atoms with E-state index in [9.17, 15) is 4.57 Å². The largest absolute Gasteiger partial charge is 0.469 e. The molecule has 0 atom stereocenters. The highest BCUT2D eigenvalue weighted by molar-refractivity contribution is 7.46. The Morgan fingerprint density at radius 1 is 0.370 bits per heavy atom. The summed E-state index contributed by atoms with van der Waals surface area (Å²) in [6.07, 6.45) is 40.1. The van der Waals surface area contributed by atoms with Crippen molar-refractivity contribution < 1.29 is 18.9 Å². The Morgan fingerprint density at radius 2 is 0.611 bits per heavy atom. The lowest BCUT2D eigenvalue weighted by Gasteiger charge is -2.04. The zero-order chi connectivity index (χ0) is 40.9. The van der Waals surface area contributed by atoms with E-state index in [1.165, 1.54) is 68.6 Å². The Kier molecular flexibility index (Phi) is 28.9. The molecule has 2 N–H and O–H groups in total. The van der Waals surface area contributed by atoms with Gasteiger partial charge in [0.25, 0.3) is 0 Å². The summed E-state index contributed by atoms with van der Waals surface area (Å²) >= 11 is 0. The molecule has 0 spiro atoms. The topological polar surface area (TPSA) is 66.8 Å². The average molecular weight is 763 g/mol. The fourth-order valence-electron chi connectivity index (χ4n) is 5.42. The van der Waals surface area contributed by atoms with Crippen molar-refractivity contribution in [3.8, 4) is 0 Å². The number of hydrogen-bond donors (Lipinski definition) is 2. The van der Waals surface area contributed by atoms with Gasteiger partial charge in [0.2, 0.25) is 0 Å². The maximum atomic E-state index is 10.8. The molecule has 0 fully saturated rings. The standard InChI is InChI=1S/C49H79O4P/c1-39(2)17-13-18-40(3)19-14-20-41(4)21-15-22-42(5)23-16-24-43(6)25-26-44(7)27-28-45(8)29-30-46(9)31-32-47(10)33-34-48(11)35-36-49(12)37-38-53-54(50,51)52/h17,19,21,23,25,27,29,31,33,35,37H,13-16,18,20,22,24,26,28,30,32,34,36,38H2,1-12H3,(H2,50,51,52)/b40-19+,41-21+,42-23+,43-25+,44-27+,45-29+,46-31+,47-33+,48-35+,49-37+. The Labute approximate surface area is 333 Å². The lowest BCUT2D eigenvalue weighted by atomic mass is 10.0. The van der Waals surface area contributed by atoms with Crippen LogP contribution in [0.25, 0.3) is 0 Å². The number of rotatable bonds is 27. The van der Waals surface area contributed by atoms with Crippen molar-refractivity contribution in [2.75, 3.05) is 6.61 Å². The predicted octanol–water partition coefficient (Wildman–Crippen LogP) is 16.0. The summed E-state index contributed by atoms with van der Waals surface area (Å²) in [5, 5.41) is 0. The van der Waals surface area contributed by atoms with Gasteiger partial charge in [-0.25, -0.2) is 4.57 Å². The van der Waals surface area contributed by atoms with Crippen LogP contribution in [0.2, 0.25) is 0 Å². The number of hydrogen-bond acceptors (Lipinski definition) is 2. The van der Waals surface area contributed by atoms with Crippen LogP contribution in [0.15, 0.2) is 128 Å². The van der Waals surface area contributed by atoms with Gasteiger partial charge in [-0.2, -0.15) is 0 Å². The van der Waals surface area contributed by atoms with Gasteiger partial charge in [0.15, 0.2) is 0 Å². The van der Waals surface area contributed by atoms with Gasteiger partial charge in [-0.3, -0.25) is 4.52 Å². The predicted molar refractivity (Wildman–Crippen MR) is 240 cm³/mol. The fraction of sp³-hybridized carbons (Fsp3) is 0.551. The lowest BCUT2D eigenvalue weighted by Crippen LogP contribution is -1.89. The zero-order valence-corrected chi connectivity index (χ0v) is 37.5. The second-order valence-electron chi connectivity index (χ2n) is 16.0. The Morgan fingerprint density at radius 3 is 0.889 bits per heavy atom. The molecule has 5 heteroatoms. The summed E-state index contributed by atoms with van der Waals surface area (Å²) in [7, 11) is -4.41. The second-order valence-corrected chi connectivity index (χ2v) is 17.2. The molecule has 0 saturated heterocycles. The fourth-order valence-corrected chi connectivity index (χ4v) is 5.69. The van der Waals surface area contributed by atoms with Crippen molar-refractivity contribution in [1.82, 2.24) is 0 Å². The molecule has 0 aliphatic rings. The smallest absolute Gasteiger partial charge is 0.303 e. The maximum absolute atomic E-state index is 10.8. The molecule has 0 aromatic rings. The number of phosphoric ester groups is 1. The third-order valence-electron chi connectivity index (χ3n) is 9.50. The first-order chi connectivity index (χ1) is 25.4. The van der Waals surface area contributed by atoms with Gasteiger partial charge in [0.1, 0.15) is 0 Å². The Balaban J connectivity index is 4.53. The van der Waals surface area contributed by atoms with Crippen molar-refractivity contribution in [3.63, 3.8) is 0 Å². The monoisotopic (exact) mass is 763 g/mol. The van der Waals surface area contributed by atoms with Crippen molar-refractivity contribution in [1.29, 1.82) is 0 Å². The van der Waals surface area contributed by atoms with Crippen LogP contribution < -0.4 is 0 Å². The van der Waals surface area contributed by atoms with Gasteiger partial charge in [-0.15, -0.1) is 0 Å². The molecule has 0 saturated carbocycles. The summed E-state index contributed by atoms with van der Waals surface area (Å²) < 4.78 is 15.3. The van der Waals surface area contributed by atoms with E-state index in [1.54, 1.807) is 6.08 Å². The van der Waals surface area contributed by atoms with E-state index < -0.39 is 7.82 Å². The van der Waals surface area contributed by atoms with Gasteiger partial charge < -0.3 is 9.79 Å². The van der Waals surface area contributed by atoms with Crippen LogP contribution in [0.5, 0.6) is 0 Å². The van der Waals surface area contributed by atoms with E-state index in [1.807, 2.05) is 6.92 Å². The second kappa shape index (κ2) is 30.5. The minimum Gasteiger partial charge on any atom is -0.303 e. The molecule has 0 unspecified atom stereocenters. The molecule has 0 aromatic heterocycles. The van der Waals surface area contributed by atoms with Crippen LogP contribution >= 0.6 is 7.82 Å². The number of phosphoric acid groups is 1. The van der Waals surface area contributed by atoms with Crippen LogP contribution in [0, 0.1) is 0 Å². The van der Waals surface area contributed by atoms with Gasteiger partial charge in [-0.1, -0.05) is 128 Å². The number of allylic oxidation sites excluding steroid dienone is 21. The Bertz CT molecular complexity index is 1500. The lowest BCUT2D eigenvalue weighted by molar-refractivity contribution is 0.215. The highest BCUT2D eigenvalue weighted by atomic mass is 31.2. The summed E-state index contributed by atoms with van der Waals surface area (Å²) in [6, 6.07) is 0. The Hall–Kier alpha value is -2.75. The summed E-state index contributed by atoms with van der Waals surface area (Å²) in [4.78, 5) is 17.6. The molecule has 0 aliphatic heterocycles. The van der Waals surface area contributed by atoms with Gasteiger partial charge in [-0.05, 0) is 173 Å². The summed E-state index contributed by atoms with van der Waals surface area (Å²) in [5.74, 6) is 0. The third kappa shape index (κ3) is 33.8. The van der Waals surface area contributed by atoms with Crippen molar-refractivity contribution >= 4 is 7.82 Å². The van der Waals surface area contributed by atoms with E-state index in [-0.39, 0.29) is 6.61 Å². The maximum Gasteiger partial charge on any atom is 0.469 e. The molecule has 0 heterocycles. The van der Waals surface area contributed by atoms with E-state index >= 15 is 0 Å². The SMILES string of the molecule is CC(C)=CCC/C(C)=C/CC/C(C)=C/CC/C(C)=C/CC/C(C)=C/C/C(C)=C/C/C(C)=C/C/C(C)=C/C/C(C)=C/C/C(C)=C/C/C(C)=C/COP(=O)(O)O. The minimum absolute atomic E-state index is 0.0789. The molecule has 0 rings (SSSR count). The molecule has 0 aromatic carbocycles. The highest BCUT2D eigenvalue weighted by Crippen LogP contribution is 2.35. The molecule has 0 aliphatic carbocycles. The van der Waals surface area contributed by atoms with E-state index in [4.69, 9.17) is 9.79 Å². The zero-order valence-electron chi connectivity index (χ0n) is 36.6. The van der Waals surface area contributed by atoms with Gasteiger partial charge >= 0.3 is 7.82 Å². The molecule has 0 bridgehead atoms. The molecule has 0 amide bonds. The van der Waals surface area contributed by atoms with Gasteiger partial charge in [0.05, 0.1) is 6.61 Å². The first kappa shape index (κ1) is 51.2. The van der Waals surface area contributed by atoms with E-state index in [2.05, 4.69) is 141 Å². The summed E-state index contributed by atoms with van der Waals surface area (Å²) in [5.41, 5.74) is 15.3. The van der Waals surface area contributed by atoms with Crippen molar-refractivity contribution in [2.45, 2.75) is 173 Å². The van der Waals surface area contributed by atoms with E-state index in [0.29, 0.717) is 0 Å². The highest BCUT2D eigenvalue weighted by Gasteiger charge is 2.11. The molecule has 0 radical (unpaired) electrons. The molecule has 304 valence electrons. The molecule has 4 nitrogen and oxygen atoms in total. The average Bonchev–Trinajstić information content (AvgIpc) is 3.08. The first-order valence-electron chi connectivity index (χ1n) is 20.3. The van der Waals surface area contributed by atoms with E-state index in [0.717, 1.165) is 82.6 Å². The minimum atomic E-state index is -4.41. The van der Waals surface area contributed by atoms with Crippen LogP contribution in [0.4, 0.5) is 0 Å². The summed E-state index contributed by atoms with van der Waals surface area (Å²) in [6.45, 7) is 26.3. The van der Waals surface area contributed by atoms with Gasteiger partial charge in [0, 0.05) is 0 Å². The van der Waals surface area contributed by atoms with Crippen molar-refractivity contribution in [2.24, 2.45) is 0 Å². The normalized spacial score (nSPS) is 15.4. The van der Waals surface area contributed by atoms with Crippen LogP contribution in [-0.2, 0) is 9.09 Å². The van der Waals surface area contributed by atoms with Crippen LogP contribution in [0.3, 0.4) is 0 Å². The van der Waals surface area contributed by atoms with Crippen LogP contribution in [-0.4, -0.2) is 16.4 Å². The molecular formula is C49H79O4P. The third-order valence-corrected chi connectivity index (χ3v) is 9.98. The molecule has 54 heavy (non-hydrogen) atoms. The van der Waals surface area contributed by atoms with Crippen molar-refractivity contribution in [3.05, 3.63) is 128 Å². The quantitative estimate of drug-likeness (QED) is 0.0646.